The first-order valence-electron chi connectivity index (χ1n) is 9.66. The number of benzene rings is 1. The second kappa shape index (κ2) is 10.7. The number of carbonyl (C=O) groups is 2. The molecule has 168 valence electrons. The second-order valence-electron chi connectivity index (χ2n) is 7.44. The Hall–Kier alpha value is -2.27. The van der Waals surface area contributed by atoms with Gasteiger partial charge in [0.25, 0.3) is 0 Å². The lowest BCUT2D eigenvalue weighted by Gasteiger charge is -2.22. The Kier molecular flexibility index (Phi) is 8.54. The van der Waals surface area contributed by atoms with E-state index in [1.165, 1.54) is 18.2 Å². The van der Waals surface area contributed by atoms with Crippen LogP contribution in [0.4, 0.5) is 19.3 Å². The van der Waals surface area contributed by atoms with Crippen LogP contribution < -0.4 is 5.32 Å². The van der Waals surface area contributed by atoms with Gasteiger partial charge in [-0.05, 0) is 24.5 Å². The summed E-state index contributed by atoms with van der Waals surface area (Å²) < 4.78 is 54.6. The highest BCUT2D eigenvalue weighted by molar-refractivity contribution is 7.91. The Bertz CT molecular complexity index is 848. The average molecular weight is 448 g/mol. The maximum absolute atomic E-state index is 12.9. The molecular weight excluding hydrogens is 420 g/mol. The van der Waals surface area contributed by atoms with Gasteiger partial charge < -0.3 is 15.0 Å². The van der Waals surface area contributed by atoms with Crippen molar-refractivity contribution in [3.8, 4) is 0 Å². The normalized spacial score (nSPS) is 15.9. The van der Waals surface area contributed by atoms with Crippen molar-refractivity contribution in [2.75, 3.05) is 44.6 Å². The average Bonchev–Trinajstić information content (AvgIpc) is 2.91. The highest BCUT2D eigenvalue weighted by Gasteiger charge is 2.29. The zero-order valence-electron chi connectivity index (χ0n) is 17.0. The molecular formula is C19H27F2N3O5S. The van der Waals surface area contributed by atoms with E-state index in [2.05, 4.69) is 5.32 Å². The summed E-state index contributed by atoms with van der Waals surface area (Å²) in [5.41, 5.74) is -0.184. The Morgan fingerprint density at radius 2 is 1.83 bits per heavy atom. The largest absolute Gasteiger partial charge is 0.449 e. The first-order chi connectivity index (χ1) is 14.1. The summed E-state index contributed by atoms with van der Waals surface area (Å²) in [7, 11) is -4.84. The molecule has 11 heteroatoms. The number of halogens is 2. The number of rotatable bonds is 7. The summed E-state index contributed by atoms with van der Waals surface area (Å²) in [6.45, 7) is 6.05. The summed E-state index contributed by atoms with van der Waals surface area (Å²) >= 11 is 0. The van der Waals surface area contributed by atoms with E-state index in [0.717, 1.165) is 6.07 Å². The number of para-hydroxylation sites is 1. The number of sulfone groups is 1. The third kappa shape index (κ3) is 6.63. The van der Waals surface area contributed by atoms with Crippen LogP contribution in [-0.4, -0.2) is 75.3 Å². The van der Waals surface area contributed by atoms with Gasteiger partial charge in [0, 0.05) is 26.2 Å². The minimum atomic E-state index is -4.84. The zero-order chi connectivity index (χ0) is 22.3. The monoisotopic (exact) mass is 447 g/mol. The molecule has 0 radical (unpaired) electrons. The molecule has 0 atom stereocenters. The maximum Gasteiger partial charge on any atom is 0.409 e. The summed E-state index contributed by atoms with van der Waals surface area (Å²) in [5, 5.41) is 2.41. The molecule has 1 aliphatic rings. The summed E-state index contributed by atoms with van der Waals surface area (Å²) in [4.78, 5) is 27.3. The molecule has 1 N–H and O–H groups in total. The van der Waals surface area contributed by atoms with Crippen molar-refractivity contribution >= 4 is 27.5 Å². The van der Waals surface area contributed by atoms with E-state index < -0.39 is 26.4 Å². The van der Waals surface area contributed by atoms with Gasteiger partial charge in [-0.2, -0.15) is 8.78 Å². The Morgan fingerprint density at radius 3 is 2.50 bits per heavy atom. The van der Waals surface area contributed by atoms with E-state index >= 15 is 0 Å². The third-order valence-corrected chi connectivity index (χ3v) is 5.89. The number of nitrogens with one attached hydrogen (secondary N) is 1. The molecule has 1 saturated heterocycles. The molecule has 0 spiro atoms. The van der Waals surface area contributed by atoms with Crippen LogP contribution in [0, 0.1) is 5.92 Å². The smallest absolute Gasteiger partial charge is 0.409 e. The highest BCUT2D eigenvalue weighted by atomic mass is 32.2. The van der Waals surface area contributed by atoms with Crippen molar-refractivity contribution in [2.45, 2.75) is 30.9 Å². The fraction of sp³-hybridized carbons (Fsp3) is 0.579. The van der Waals surface area contributed by atoms with Gasteiger partial charge in [0.15, 0.2) is 0 Å². The number of hydrogen-bond donors (Lipinski definition) is 1. The van der Waals surface area contributed by atoms with Gasteiger partial charge in [-0.25, -0.2) is 13.2 Å². The molecule has 0 saturated carbocycles. The molecule has 2 rings (SSSR count). The number of amides is 2. The van der Waals surface area contributed by atoms with Crippen LogP contribution in [0.3, 0.4) is 0 Å². The summed E-state index contributed by atoms with van der Waals surface area (Å²) in [5.74, 6) is -3.87. The molecule has 8 nitrogen and oxygen atoms in total. The molecule has 1 fully saturated rings. The first kappa shape index (κ1) is 24.0. The molecule has 30 heavy (non-hydrogen) atoms. The maximum atomic E-state index is 12.9. The van der Waals surface area contributed by atoms with Crippen LogP contribution in [0.15, 0.2) is 29.2 Å². The summed E-state index contributed by atoms with van der Waals surface area (Å²) in [6, 6.07) is 5.06. The topological polar surface area (TPSA) is 96.0 Å². The van der Waals surface area contributed by atoms with E-state index in [9.17, 15) is 26.8 Å². The molecule has 1 aromatic rings. The van der Waals surface area contributed by atoms with E-state index in [4.69, 9.17) is 4.74 Å². The van der Waals surface area contributed by atoms with Crippen LogP contribution in [0.1, 0.15) is 20.3 Å². The fourth-order valence-corrected chi connectivity index (χ4v) is 3.83. The number of carbonyl (C=O) groups excluding carboxylic acids is 2. The number of hydrogen-bond acceptors (Lipinski definition) is 6. The molecule has 1 heterocycles. The SMILES string of the molecule is CC(C)COC(=O)N1CCCN(CC(=O)Nc2ccccc2S(=O)(=O)C(F)F)CC1. The quantitative estimate of drug-likeness (QED) is 0.690. The minimum absolute atomic E-state index is 0.0576. The van der Waals surface area contributed by atoms with E-state index in [-0.39, 0.29) is 24.2 Å². The number of anilines is 1. The van der Waals surface area contributed by atoms with Crippen LogP contribution in [0.2, 0.25) is 0 Å². The van der Waals surface area contributed by atoms with Gasteiger partial charge in [0.1, 0.15) is 0 Å². The van der Waals surface area contributed by atoms with Gasteiger partial charge in [-0.15, -0.1) is 0 Å². The predicted octanol–water partition coefficient (Wildman–Crippen LogP) is 2.42. The third-order valence-electron chi connectivity index (χ3n) is 4.46. The fourth-order valence-electron chi connectivity index (χ4n) is 2.95. The van der Waals surface area contributed by atoms with E-state index in [1.54, 1.807) is 4.90 Å². The molecule has 1 aromatic carbocycles. The number of alkyl halides is 2. The molecule has 0 aliphatic carbocycles. The summed E-state index contributed by atoms with van der Waals surface area (Å²) in [6.07, 6.45) is 0.251. The van der Waals surface area contributed by atoms with Crippen LogP contribution in [-0.2, 0) is 19.4 Å². The van der Waals surface area contributed by atoms with Crippen molar-refractivity contribution in [3.05, 3.63) is 24.3 Å². The lowest BCUT2D eigenvalue weighted by molar-refractivity contribution is -0.117. The van der Waals surface area contributed by atoms with Gasteiger partial charge in [0.2, 0.25) is 15.7 Å². The molecule has 0 unspecified atom stereocenters. The molecule has 1 aliphatic heterocycles. The molecule has 2 amide bonds. The Labute approximate surface area is 175 Å². The predicted molar refractivity (Wildman–Crippen MR) is 107 cm³/mol. The van der Waals surface area contributed by atoms with Crippen molar-refractivity contribution in [2.24, 2.45) is 5.92 Å². The van der Waals surface area contributed by atoms with Gasteiger partial charge in [-0.1, -0.05) is 26.0 Å². The standard InChI is InChI=1S/C19H27F2N3O5S/c1-14(2)13-29-19(26)24-9-5-8-23(10-11-24)12-17(25)22-15-6-3-4-7-16(15)30(27,28)18(20)21/h3-4,6-7,14,18H,5,8-13H2,1-2H3,(H,22,25). The lowest BCUT2D eigenvalue weighted by Crippen LogP contribution is -2.38. The minimum Gasteiger partial charge on any atom is -0.449 e. The van der Waals surface area contributed by atoms with Gasteiger partial charge in [0.05, 0.1) is 23.7 Å². The van der Waals surface area contributed by atoms with E-state index in [1.807, 2.05) is 18.7 Å². The Balaban J connectivity index is 1.94. The Morgan fingerprint density at radius 1 is 1.13 bits per heavy atom. The zero-order valence-corrected chi connectivity index (χ0v) is 17.8. The van der Waals surface area contributed by atoms with E-state index in [0.29, 0.717) is 39.2 Å². The molecule has 0 aromatic heterocycles. The lowest BCUT2D eigenvalue weighted by atomic mass is 10.2. The van der Waals surface area contributed by atoms with Gasteiger partial charge in [-0.3, -0.25) is 9.69 Å². The van der Waals surface area contributed by atoms with Gasteiger partial charge >= 0.3 is 11.9 Å². The highest BCUT2D eigenvalue weighted by Crippen LogP contribution is 2.26. The number of ether oxygens (including phenoxy) is 1. The van der Waals surface area contributed by atoms with Crippen molar-refractivity contribution in [1.82, 2.24) is 9.80 Å². The second-order valence-corrected chi connectivity index (χ2v) is 9.32. The van der Waals surface area contributed by atoms with Crippen LogP contribution >= 0.6 is 0 Å². The van der Waals surface area contributed by atoms with Crippen molar-refractivity contribution in [3.63, 3.8) is 0 Å². The first-order valence-corrected chi connectivity index (χ1v) is 11.2. The van der Waals surface area contributed by atoms with Crippen molar-refractivity contribution in [1.29, 1.82) is 0 Å². The van der Waals surface area contributed by atoms with Crippen LogP contribution in [0.5, 0.6) is 0 Å². The number of nitrogens with zero attached hydrogens (tertiary/aromatic N) is 2. The molecule has 0 bridgehead atoms. The van der Waals surface area contributed by atoms with Crippen LogP contribution in [0.25, 0.3) is 0 Å². The van der Waals surface area contributed by atoms with Crippen molar-refractivity contribution < 1.29 is 31.5 Å².